The summed E-state index contributed by atoms with van der Waals surface area (Å²) in [4.78, 5) is 4.15. The number of hydrogen-bond acceptors (Lipinski definition) is 4. The topological polar surface area (TPSA) is 62.6 Å². The van der Waals surface area contributed by atoms with Crippen LogP contribution >= 0.6 is 0 Å². The molecule has 2 N–H and O–H groups in total. The predicted octanol–water partition coefficient (Wildman–Crippen LogP) is 0.892. The van der Waals surface area contributed by atoms with Crippen LogP contribution in [-0.2, 0) is 0 Å². The molecule has 0 aliphatic carbocycles. The predicted molar refractivity (Wildman–Crippen MR) is 57.3 cm³/mol. The summed E-state index contributed by atoms with van der Waals surface area (Å²) in [6.07, 6.45) is 1.68. The summed E-state index contributed by atoms with van der Waals surface area (Å²) >= 11 is 0. The molecule has 4 nitrogen and oxygen atoms in total. The molecule has 0 spiro atoms. The molecule has 0 atom stereocenters. The van der Waals surface area contributed by atoms with Gasteiger partial charge in [0.1, 0.15) is 5.75 Å². The highest BCUT2D eigenvalue weighted by Gasteiger charge is 2.15. The van der Waals surface area contributed by atoms with Gasteiger partial charge in [-0.3, -0.25) is 4.98 Å². The largest absolute Gasteiger partial charge is 0.707 e. The first-order valence-electron chi connectivity index (χ1n) is 4.55. The van der Waals surface area contributed by atoms with Crippen molar-refractivity contribution in [3.63, 3.8) is 0 Å². The van der Waals surface area contributed by atoms with Gasteiger partial charge in [-0.15, -0.1) is 0 Å². The van der Waals surface area contributed by atoms with Crippen LogP contribution in [0.25, 0.3) is 10.9 Å². The van der Waals surface area contributed by atoms with Crippen molar-refractivity contribution >= 4 is 18.2 Å². The molecular weight excluding hydrogens is 193 g/mol. The fourth-order valence-corrected chi connectivity index (χ4v) is 1.50. The molecular formula is C10H10BNO3. The van der Waals surface area contributed by atoms with Crippen molar-refractivity contribution in [2.24, 2.45) is 0 Å². The van der Waals surface area contributed by atoms with E-state index >= 15 is 0 Å². The van der Waals surface area contributed by atoms with Gasteiger partial charge in [0, 0.05) is 11.6 Å². The Morgan fingerprint density at radius 1 is 1.27 bits per heavy atom. The van der Waals surface area contributed by atoms with Gasteiger partial charge in [0.15, 0.2) is 0 Å². The van der Waals surface area contributed by atoms with E-state index in [-0.39, 0.29) is 0 Å². The Balaban J connectivity index is 2.63. The van der Waals surface area contributed by atoms with Gasteiger partial charge in [0.2, 0.25) is 0 Å². The smallest absolute Gasteiger partial charge is 0.511 e. The molecule has 0 radical (unpaired) electrons. The third-order valence-electron chi connectivity index (χ3n) is 2.16. The number of pyridine rings is 1. The number of hydrogen-bond donors (Lipinski definition) is 2. The molecule has 5 heteroatoms. The number of nitrogens with zero attached hydrogens (tertiary/aromatic N) is 1. The molecule has 1 heterocycles. The van der Waals surface area contributed by atoms with Crippen molar-refractivity contribution in [1.29, 1.82) is 0 Å². The minimum atomic E-state index is -1.81. The highest BCUT2D eigenvalue weighted by atomic mass is 16.6. The Kier molecular flexibility index (Phi) is 2.57. The first-order valence-corrected chi connectivity index (χ1v) is 4.55. The summed E-state index contributed by atoms with van der Waals surface area (Å²) in [6, 6.07) is 7.29. The highest BCUT2D eigenvalue weighted by Crippen LogP contribution is 2.28. The van der Waals surface area contributed by atoms with Crippen molar-refractivity contribution in [2.45, 2.75) is 6.92 Å². The molecule has 2 rings (SSSR count). The molecule has 0 aliphatic rings. The van der Waals surface area contributed by atoms with Crippen molar-refractivity contribution in [1.82, 2.24) is 4.98 Å². The molecule has 1 aromatic heterocycles. The van der Waals surface area contributed by atoms with Crippen LogP contribution in [0.3, 0.4) is 0 Å². The van der Waals surface area contributed by atoms with Gasteiger partial charge in [-0.05, 0) is 30.7 Å². The van der Waals surface area contributed by atoms with Gasteiger partial charge in [0.05, 0.1) is 5.52 Å². The third kappa shape index (κ3) is 1.93. The second kappa shape index (κ2) is 3.88. The van der Waals surface area contributed by atoms with Gasteiger partial charge in [-0.25, -0.2) is 0 Å². The number of aromatic nitrogens is 1. The summed E-state index contributed by atoms with van der Waals surface area (Å²) in [7, 11) is -1.81. The van der Waals surface area contributed by atoms with Gasteiger partial charge < -0.3 is 14.7 Å². The Hall–Kier alpha value is -1.59. The van der Waals surface area contributed by atoms with Crippen molar-refractivity contribution in [2.75, 3.05) is 0 Å². The van der Waals surface area contributed by atoms with Crippen molar-refractivity contribution in [3.05, 3.63) is 36.0 Å². The zero-order chi connectivity index (χ0) is 10.8. The number of rotatable bonds is 2. The minimum absolute atomic E-state index is 0.454. The van der Waals surface area contributed by atoms with Gasteiger partial charge in [-0.2, -0.15) is 0 Å². The molecule has 2 aromatic rings. The maximum Gasteiger partial charge on any atom is 0.707 e. The molecule has 0 unspecified atom stereocenters. The minimum Gasteiger partial charge on any atom is -0.511 e. The van der Waals surface area contributed by atoms with Crippen molar-refractivity contribution < 1.29 is 14.7 Å². The summed E-state index contributed by atoms with van der Waals surface area (Å²) in [5.74, 6) is 0.454. The highest BCUT2D eigenvalue weighted by molar-refractivity contribution is 6.34. The van der Waals surface area contributed by atoms with Gasteiger partial charge in [-0.1, -0.05) is 6.07 Å². The fourth-order valence-electron chi connectivity index (χ4n) is 1.50. The van der Waals surface area contributed by atoms with Crippen LogP contribution in [0.4, 0.5) is 0 Å². The average molecular weight is 203 g/mol. The average Bonchev–Trinajstić information content (AvgIpc) is 2.22. The standard InChI is InChI=1S/C10H10BNO3/c1-7-4-5-9-8(3-2-6-12-9)10(7)15-11(13)14/h2-6,13-14H,1H3. The lowest BCUT2D eigenvalue weighted by atomic mass is 10.1. The zero-order valence-electron chi connectivity index (χ0n) is 8.21. The second-order valence-corrected chi connectivity index (χ2v) is 3.23. The van der Waals surface area contributed by atoms with Crippen LogP contribution in [0.15, 0.2) is 30.5 Å². The monoisotopic (exact) mass is 203 g/mol. The summed E-state index contributed by atoms with van der Waals surface area (Å²) in [6.45, 7) is 1.84. The third-order valence-corrected chi connectivity index (χ3v) is 2.16. The Labute approximate surface area is 87.3 Å². The van der Waals surface area contributed by atoms with E-state index in [2.05, 4.69) is 4.98 Å². The summed E-state index contributed by atoms with van der Waals surface area (Å²) in [5.41, 5.74) is 1.60. The first-order chi connectivity index (χ1) is 7.18. The van der Waals surface area contributed by atoms with E-state index in [4.69, 9.17) is 14.7 Å². The fraction of sp³-hybridized carbons (Fsp3) is 0.100. The van der Waals surface area contributed by atoms with Crippen LogP contribution in [0.5, 0.6) is 5.75 Å². The zero-order valence-corrected chi connectivity index (χ0v) is 8.21. The van der Waals surface area contributed by atoms with E-state index in [9.17, 15) is 0 Å². The van der Waals surface area contributed by atoms with E-state index in [1.807, 2.05) is 25.1 Å². The Morgan fingerprint density at radius 3 is 2.80 bits per heavy atom. The molecule has 1 aromatic carbocycles. The van der Waals surface area contributed by atoms with Crippen LogP contribution < -0.4 is 4.65 Å². The summed E-state index contributed by atoms with van der Waals surface area (Å²) in [5, 5.41) is 18.4. The molecule has 0 saturated carbocycles. The molecule has 0 fully saturated rings. The van der Waals surface area contributed by atoms with E-state index in [1.54, 1.807) is 12.3 Å². The number of aryl methyl sites for hydroxylation is 1. The molecule has 0 aliphatic heterocycles. The molecule has 0 bridgehead atoms. The van der Waals surface area contributed by atoms with E-state index in [0.29, 0.717) is 5.75 Å². The first kappa shape index (κ1) is 9.95. The second-order valence-electron chi connectivity index (χ2n) is 3.23. The quantitative estimate of drug-likeness (QED) is 0.711. The van der Waals surface area contributed by atoms with Crippen molar-refractivity contribution in [3.8, 4) is 5.75 Å². The van der Waals surface area contributed by atoms with E-state index < -0.39 is 7.32 Å². The summed E-state index contributed by atoms with van der Waals surface area (Å²) < 4.78 is 4.93. The van der Waals surface area contributed by atoms with E-state index in [1.165, 1.54) is 0 Å². The van der Waals surface area contributed by atoms with Gasteiger partial charge >= 0.3 is 7.32 Å². The maximum absolute atomic E-state index is 8.80. The maximum atomic E-state index is 8.80. The Bertz CT molecular complexity index is 487. The lowest BCUT2D eigenvalue weighted by molar-refractivity contribution is 0.289. The lowest BCUT2D eigenvalue weighted by Crippen LogP contribution is -2.21. The van der Waals surface area contributed by atoms with Crippen LogP contribution in [0.2, 0.25) is 0 Å². The van der Waals surface area contributed by atoms with E-state index in [0.717, 1.165) is 16.5 Å². The van der Waals surface area contributed by atoms with Crippen LogP contribution in [0.1, 0.15) is 5.56 Å². The van der Waals surface area contributed by atoms with Gasteiger partial charge in [0.25, 0.3) is 0 Å². The molecule has 76 valence electrons. The van der Waals surface area contributed by atoms with Crippen LogP contribution in [-0.4, -0.2) is 22.4 Å². The Morgan fingerprint density at radius 2 is 2.07 bits per heavy atom. The lowest BCUT2D eigenvalue weighted by Gasteiger charge is -2.10. The van der Waals surface area contributed by atoms with Crippen LogP contribution in [0, 0.1) is 6.92 Å². The number of benzene rings is 1. The SMILES string of the molecule is Cc1ccc2ncccc2c1OB(O)O. The molecule has 0 amide bonds. The normalized spacial score (nSPS) is 10.3. The molecule has 0 saturated heterocycles. The molecule has 15 heavy (non-hydrogen) atoms. The number of fused-ring (bicyclic) bond motifs is 1.